The average molecular weight is 475 g/mol. The zero-order valence-corrected chi connectivity index (χ0v) is 18.6. The lowest BCUT2D eigenvalue weighted by Crippen LogP contribution is -2.24. The highest BCUT2D eigenvalue weighted by molar-refractivity contribution is 7.99. The van der Waals surface area contributed by atoms with Gasteiger partial charge in [0, 0.05) is 6.20 Å². The number of para-hydroxylation sites is 1. The molecule has 3 aromatic heterocycles. The summed E-state index contributed by atoms with van der Waals surface area (Å²) in [5.74, 6) is 0.502. The molecule has 0 unspecified atom stereocenters. The molecule has 3 heterocycles. The summed E-state index contributed by atoms with van der Waals surface area (Å²) < 4.78 is 6.89. The summed E-state index contributed by atoms with van der Waals surface area (Å²) in [5.41, 5.74) is 0.983. The molecule has 158 valence electrons. The molecule has 1 N–H and O–H groups in total. The fourth-order valence-corrected chi connectivity index (χ4v) is 4.09. The van der Waals surface area contributed by atoms with E-state index in [1.54, 1.807) is 43.5 Å². The Kier molecular flexibility index (Phi) is 6.31. The molecule has 0 fully saturated rings. The van der Waals surface area contributed by atoms with E-state index in [1.165, 1.54) is 10.8 Å². The normalized spacial score (nSPS) is 11.1. The van der Waals surface area contributed by atoms with E-state index in [2.05, 4.69) is 15.3 Å². The summed E-state index contributed by atoms with van der Waals surface area (Å²) in [6.07, 6.45) is 2.97. The van der Waals surface area contributed by atoms with E-state index in [9.17, 15) is 9.59 Å². The molecule has 4 rings (SSSR count). The highest BCUT2D eigenvalue weighted by atomic mass is 35.5. The van der Waals surface area contributed by atoms with Crippen LogP contribution >= 0.6 is 35.0 Å². The van der Waals surface area contributed by atoms with Crippen molar-refractivity contribution in [3.63, 3.8) is 0 Å². The molecule has 0 saturated carbocycles. The van der Waals surface area contributed by atoms with Crippen LogP contribution in [-0.4, -0.2) is 26.2 Å². The van der Waals surface area contributed by atoms with Crippen LogP contribution < -0.4 is 10.9 Å². The molecule has 0 aliphatic rings. The van der Waals surface area contributed by atoms with Crippen LogP contribution in [0.25, 0.3) is 10.9 Å². The van der Waals surface area contributed by atoms with E-state index >= 15 is 0 Å². The van der Waals surface area contributed by atoms with Gasteiger partial charge in [-0.1, -0.05) is 47.1 Å². The first-order chi connectivity index (χ1) is 14.9. The van der Waals surface area contributed by atoms with Crippen LogP contribution in [0.2, 0.25) is 10.0 Å². The minimum atomic E-state index is -0.340. The molecule has 1 aromatic carbocycles. The Morgan fingerprint density at radius 2 is 2.03 bits per heavy atom. The predicted octanol–water partition coefficient (Wildman–Crippen LogP) is 4.78. The number of thioether (sulfide) groups is 1. The summed E-state index contributed by atoms with van der Waals surface area (Å²) in [7, 11) is 0. The number of nitrogens with zero attached hydrogens (tertiary/aromatic N) is 3. The lowest BCUT2D eigenvalue weighted by atomic mass is 10.2. The van der Waals surface area contributed by atoms with Gasteiger partial charge in [-0.3, -0.25) is 14.2 Å². The van der Waals surface area contributed by atoms with E-state index < -0.39 is 0 Å². The minimum Gasteiger partial charge on any atom is -0.467 e. The average Bonchev–Trinajstić information content (AvgIpc) is 3.28. The molecule has 7 nitrogen and oxygen atoms in total. The molecule has 0 spiro atoms. The van der Waals surface area contributed by atoms with Gasteiger partial charge in [0.2, 0.25) is 5.91 Å². The smallest absolute Gasteiger partial charge is 0.262 e. The van der Waals surface area contributed by atoms with Gasteiger partial charge in [0.1, 0.15) is 5.76 Å². The summed E-state index contributed by atoms with van der Waals surface area (Å²) >= 11 is 13.3. The maximum atomic E-state index is 13.1. The number of amides is 1. The number of benzene rings is 1. The molecule has 0 radical (unpaired) electrons. The first kappa shape index (κ1) is 21.4. The van der Waals surface area contributed by atoms with E-state index in [0.717, 1.165) is 11.8 Å². The molecule has 0 bridgehead atoms. The van der Waals surface area contributed by atoms with Gasteiger partial charge in [0.15, 0.2) is 11.0 Å². The van der Waals surface area contributed by atoms with E-state index in [1.807, 2.05) is 6.07 Å². The van der Waals surface area contributed by atoms with Crippen LogP contribution in [0.3, 0.4) is 0 Å². The van der Waals surface area contributed by atoms with Gasteiger partial charge >= 0.3 is 0 Å². The van der Waals surface area contributed by atoms with Crippen LogP contribution in [0.1, 0.15) is 11.3 Å². The van der Waals surface area contributed by atoms with Crippen molar-refractivity contribution in [1.82, 2.24) is 14.5 Å². The molecule has 4 aromatic rings. The van der Waals surface area contributed by atoms with Crippen molar-refractivity contribution in [2.24, 2.45) is 0 Å². The molecule has 0 saturated heterocycles. The molecule has 0 atom stereocenters. The number of furan rings is 1. The third-order valence-electron chi connectivity index (χ3n) is 4.51. The highest BCUT2D eigenvalue weighted by Crippen LogP contribution is 2.29. The standard InChI is InChI=1S/C21H16Cl2N4O3S/c1-12-15(22)9-24-19(18(12)23)26-17(28)11-31-21-25-16-7-3-2-6-14(16)20(29)27(21)10-13-5-4-8-30-13/h2-9H,10-11H2,1H3,(H,24,26,28). The molecule has 0 aliphatic heterocycles. The van der Waals surface area contributed by atoms with Crippen LogP contribution in [0.4, 0.5) is 5.82 Å². The quantitative estimate of drug-likeness (QED) is 0.319. The second-order valence-electron chi connectivity index (χ2n) is 6.61. The monoisotopic (exact) mass is 474 g/mol. The number of hydrogen-bond donors (Lipinski definition) is 1. The van der Waals surface area contributed by atoms with Crippen molar-refractivity contribution in [2.45, 2.75) is 18.6 Å². The van der Waals surface area contributed by atoms with Crippen molar-refractivity contribution in [3.05, 3.63) is 80.6 Å². The molecule has 0 aliphatic carbocycles. The second-order valence-corrected chi connectivity index (χ2v) is 8.34. The Morgan fingerprint density at radius 1 is 1.23 bits per heavy atom. The van der Waals surface area contributed by atoms with Crippen molar-refractivity contribution in [1.29, 1.82) is 0 Å². The summed E-state index contributed by atoms with van der Waals surface area (Å²) in [6, 6.07) is 10.6. The zero-order chi connectivity index (χ0) is 22.0. The number of fused-ring (bicyclic) bond motifs is 1. The van der Waals surface area contributed by atoms with Crippen LogP contribution in [-0.2, 0) is 11.3 Å². The van der Waals surface area contributed by atoms with Gasteiger partial charge in [-0.2, -0.15) is 0 Å². The van der Waals surface area contributed by atoms with E-state index in [-0.39, 0.29) is 34.6 Å². The predicted molar refractivity (Wildman–Crippen MR) is 122 cm³/mol. The molecule has 1 amide bonds. The number of rotatable bonds is 6. The fourth-order valence-electron chi connectivity index (χ4n) is 2.90. The van der Waals surface area contributed by atoms with Gasteiger partial charge < -0.3 is 9.73 Å². The number of carbonyl (C=O) groups excluding carboxylic acids is 1. The Morgan fingerprint density at radius 3 is 2.81 bits per heavy atom. The van der Waals surface area contributed by atoms with Gasteiger partial charge in [0.25, 0.3) is 5.56 Å². The molecule has 31 heavy (non-hydrogen) atoms. The summed E-state index contributed by atoms with van der Waals surface area (Å²) in [5, 5.41) is 4.27. The van der Waals surface area contributed by atoms with Gasteiger partial charge in [-0.15, -0.1) is 0 Å². The van der Waals surface area contributed by atoms with Crippen LogP contribution in [0, 0.1) is 6.92 Å². The topological polar surface area (TPSA) is 90.0 Å². The third kappa shape index (κ3) is 4.61. The maximum absolute atomic E-state index is 13.1. The van der Waals surface area contributed by atoms with Crippen molar-refractivity contribution in [3.8, 4) is 0 Å². The van der Waals surface area contributed by atoms with Gasteiger partial charge in [-0.05, 0) is 36.8 Å². The van der Waals surface area contributed by atoms with Crippen LogP contribution in [0.5, 0.6) is 0 Å². The van der Waals surface area contributed by atoms with Crippen molar-refractivity contribution < 1.29 is 9.21 Å². The summed E-state index contributed by atoms with van der Waals surface area (Å²) in [6.45, 7) is 1.94. The molecule has 10 heteroatoms. The van der Waals surface area contributed by atoms with Crippen LogP contribution in [0.15, 0.2) is 63.2 Å². The van der Waals surface area contributed by atoms with Gasteiger partial charge in [0.05, 0.1) is 39.5 Å². The first-order valence-electron chi connectivity index (χ1n) is 9.19. The van der Waals surface area contributed by atoms with Gasteiger partial charge in [-0.25, -0.2) is 9.97 Å². The Hall–Kier alpha value is -2.81. The first-order valence-corrected chi connectivity index (χ1v) is 10.9. The Labute approximate surface area is 191 Å². The third-order valence-corrected chi connectivity index (χ3v) is 6.33. The molecular weight excluding hydrogens is 459 g/mol. The fraction of sp³-hybridized carbons (Fsp3) is 0.143. The van der Waals surface area contributed by atoms with Crippen molar-refractivity contribution >= 4 is 57.6 Å². The van der Waals surface area contributed by atoms with Crippen molar-refractivity contribution in [2.75, 3.05) is 11.1 Å². The number of carbonyl (C=O) groups is 1. The number of halogens is 2. The highest BCUT2D eigenvalue weighted by Gasteiger charge is 2.16. The minimum absolute atomic E-state index is 0.00260. The largest absolute Gasteiger partial charge is 0.467 e. The number of pyridine rings is 1. The zero-order valence-electron chi connectivity index (χ0n) is 16.3. The summed E-state index contributed by atoms with van der Waals surface area (Å²) in [4.78, 5) is 34.2. The number of nitrogens with one attached hydrogen (secondary N) is 1. The Bertz CT molecular complexity index is 1320. The number of hydrogen-bond acceptors (Lipinski definition) is 6. The maximum Gasteiger partial charge on any atom is 0.262 e. The molecular formula is C21H16Cl2N4O3S. The lowest BCUT2D eigenvalue weighted by molar-refractivity contribution is -0.113. The van der Waals surface area contributed by atoms with E-state index in [4.69, 9.17) is 27.6 Å². The van der Waals surface area contributed by atoms with E-state index in [0.29, 0.717) is 32.4 Å². The SMILES string of the molecule is Cc1c(Cl)cnc(NC(=O)CSc2nc3ccccc3c(=O)n2Cc2ccco2)c1Cl. The lowest BCUT2D eigenvalue weighted by Gasteiger charge is -2.12. The Balaban J connectivity index is 1.59. The second kappa shape index (κ2) is 9.13. The number of aromatic nitrogens is 3. The number of anilines is 1.